The molecule has 1 aromatic heterocycles. The van der Waals surface area contributed by atoms with Crippen LogP contribution in [-0.4, -0.2) is 11.1 Å². The van der Waals surface area contributed by atoms with Crippen LogP contribution in [0.15, 0.2) is 59.1 Å². The summed E-state index contributed by atoms with van der Waals surface area (Å²) >= 11 is 5.81. The lowest BCUT2D eigenvalue weighted by Gasteiger charge is -2.01. The number of hydrogen-bond acceptors (Lipinski definition) is 3. The predicted octanol–water partition coefficient (Wildman–Crippen LogP) is 4.56. The molecule has 0 spiro atoms. The fourth-order valence-corrected chi connectivity index (χ4v) is 2.09. The summed E-state index contributed by atoms with van der Waals surface area (Å²) in [4.78, 5) is 12.1. The highest BCUT2D eigenvalue weighted by Gasteiger charge is 2.13. The minimum absolute atomic E-state index is 0.227. The van der Waals surface area contributed by atoms with Crippen molar-refractivity contribution >= 4 is 23.2 Å². The molecule has 0 saturated heterocycles. The molecule has 0 saturated carbocycles. The molecule has 22 heavy (non-hydrogen) atoms. The fourth-order valence-electron chi connectivity index (χ4n) is 1.96. The molecule has 5 heteroatoms. The highest BCUT2D eigenvalue weighted by atomic mass is 35.5. The maximum absolute atomic E-state index is 12.1. The van der Waals surface area contributed by atoms with Gasteiger partial charge in [0.1, 0.15) is 0 Å². The lowest BCUT2D eigenvalue weighted by molar-refractivity contribution is 0.101. The van der Waals surface area contributed by atoms with Gasteiger partial charge in [-0.05, 0) is 31.2 Å². The van der Waals surface area contributed by atoms with Crippen LogP contribution < -0.4 is 5.32 Å². The number of nitrogens with zero attached hydrogens (tertiary/aromatic N) is 1. The lowest BCUT2D eigenvalue weighted by atomic mass is 10.1. The summed E-state index contributed by atoms with van der Waals surface area (Å²) in [5.74, 6) is 0.227. The van der Waals surface area contributed by atoms with E-state index >= 15 is 0 Å². The Morgan fingerprint density at radius 2 is 1.77 bits per heavy atom. The van der Waals surface area contributed by atoms with Gasteiger partial charge in [0.05, 0.1) is 0 Å². The monoisotopic (exact) mass is 312 g/mol. The average Bonchev–Trinajstić information content (AvgIpc) is 3.00. The van der Waals surface area contributed by atoms with Gasteiger partial charge in [0.15, 0.2) is 11.5 Å². The van der Waals surface area contributed by atoms with Crippen molar-refractivity contribution in [3.63, 3.8) is 0 Å². The van der Waals surface area contributed by atoms with E-state index in [1.54, 1.807) is 30.3 Å². The van der Waals surface area contributed by atoms with Gasteiger partial charge in [-0.25, -0.2) is 0 Å². The number of carbonyl (C=O) groups is 1. The van der Waals surface area contributed by atoms with E-state index < -0.39 is 0 Å². The number of benzene rings is 2. The Balaban J connectivity index is 1.76. The van der Waals surface area contributed by atoms with Crippen LogP contribution in [-0.2, 0) is 0 Å². The summed E-state index contributed by atoms with van der Waals surface area (Å²) < 4.78 is 5.24. The van der Waals surface area contributed by atoms with Gasteiger partial charge in [-0.15, -0.1) is 0 Å². The zero-order valence-corrected chi connectivity index (χ0v) is 12.6. The van der Waals surface area contributed by atoms with Crippen molar-refractivity contribution in [2.24, 2.45) is 0 Å². The smallest absolute Gasteiger partial charge is 0.277 e. The molecular formula is C17H13ClN2O2. The van der Waals surface area contributed by atoms with E-state index in [1.807, 2.05) is 31.2 Å². The fraction of sp³-hybridized carbons (Fsp3) is 0.0588. The molecule has 2 aromatic carbocycles. The van der Waals surface area contributed by atoms with Gasteiger partial charge in [0, 0.05) is 22.3 Å². The van der Waals surface area contributed by atoms with Crippen LogP contribution in [0.1, 0.15) is 16.1 Å². The summed E-state index contributed by atoms with van der Waals surface area (Å²) in [6, 6.07) is 16.3. The summed E-state index contributed by atoms with van der Waals surface area (Å²) in [6.07, 6.45) is 0. The van der Waals surface area contributed by atoms with E-state index in [9.17, 15) is 4.79 Å². The molecule has 4 nitrogen and oxygen atoms in total. The molecule has 0 bridgehead atoms. The first-order valence-corrected chi connectivity index (χ1v) is 7.10. The van der Waals surface area contributed by atoms with Gasteiger partial charge < -0.3 is 9.84 Å². The zero-order chi connectivity index (χ0) is 15.5. The van der Waals surface area contributed by atoms with Gasteiger partial charge in [-0.2, -0.15) is 0 Å². The Morgan fingerprint density at radius 1 is 1.09 bits per heavy atom. The second-order valence-corrected chi connectivity index (χ2v) is 5.34. The van der Waals surface area contributed by atoms with Gasteiger partial charge >= 0.3 is 0 Å². The van der Waals surface area contributed by atoms with Crippen molar-refractivity contribution in [3.8, 4) is 11.3 Å². The second kappa shape index (κ2) is 6.03. The Bertz CT molecular complexity index is 792. The number of amides is 1. The molecule has 0 aliphatic rings. The normalized spacial score (nSPS) is 10.5. The second-order valence-electron chi connectivity index (χ2n) is 4.90. The van der Waals surface area contributed by atoms with Crippen molar-refractivity contribution in [1.29, 1.82) is 0 Å². The summed E-state index contributed by atoms with van der Waals surface area (Å²) in [6.45, 7) is 2.01. The van der Waals surface area contributed by atoms with Crippen molar-refractivity contribution in [1.82, 2.24) is 5.16 Å². The van der Waals surface area contributed by atoms with E-state index in [1.165, 1.54) is 0 Å². The molecule has 0 atom stereocenters. The van der Waals surface area contributed by atoms with E-state index in [0.29, 0.717) is 16.5 Å². The number of nitrogens with one attached hydrogen (secondary N) is 1. The Labute approximate surface area is 132 Å². The molecule has 1 N–H and O–H groups in total. The maximum atomic E-state index is 12.1. The highest BCUT2D eigenvalue weighted by Crippen LogP contribution is 2.21. The Hall–Kier alpha value is -2.59. The minimum atomic E-state index is -0.329. The quantitative estimate of drug-likeness (QED) is 0.771. The Morgan fingerprint density at radius 3 is 2.45 bits per heavy atom. The number of carbonyl (C=O) groups excluding carboxylic acids is 1. The molecule has 1 heterocycles. The minimum Gasteiger partial charge on any atom is -0.355 e. The molecule has 3 aromatic rings. The number of aromatic nitrogens is 1. The van der Waals surface area contributed by atoms with Crippen LogP contribution in [0.4, 0.5) is 5.69 Å². The topological polar surface area (TPSA) is 55.1 Å². The molecule has 0 aliphatic carbocycles. The summed E-state index contributed by atoms with van der Waals surface area (Å²) in [5.41, 5.74) is 2.91. The number of aryl methyl sites for hydroxylation is 1. The predicted molar refractivity (Wildman–Crippen MR) is 86.1 cm³/mol. The number of halogens is 1. The molecule has 110 valence electrons. The third kappa shape index (κ3) is 3.18. The van der Waals surface area contributed by atoms with Crippen molar-refractivity contribution < 1.29 is 9.32 Å². The lowest BCUT2D eigenvalue weighted by Crippen LogP contribution is -2.11. The van der Waals surface area contributed by atoms with Gasteiger partial charge in [0.2, 0.25) is 0 Å². The molecule has 3 rings (SSSR count). The number of hydrogen-bond donors (Lipinski definition) is 1. The van der Waals surface area contributed by atoms with E-state index in [2.05, 4.69) is 10.5 Å². The largest absolute Gasteiger partial charge is 0.355 e. The number of anilines is 1. The summed E-state index contributed by atoms with van der Waals surface area (Å²) in [7, 11) is 0. The summed E-state index contributed by atoms with van der Waals surface area (Å²) in [5, 5.41) is 7.17. The first kappa shape index (κ1) is 14.4. The first-order chi connectivity index (χ1) is 10.6. The van der Waals surface area contributed by atoms with Crippen molar-refractivity contribution in [2.45, 2.75) is 6.92 Å². The number of rotatable bonds is 3. The van der Waals surface area contributed by atoms with Crippen molar-refractivity contribution in [3.05, 3.63) is 70.9 Å². The van der Waals surface area contributed by atoms with Crippen molar-refractivity contribution in [2.75, 3.05) is 5.32 Å². The third-order valence-electron chi connectivity index (χ3n) is 3.18. The van der Waals surface area contributed by atoms with Crippen LogP contribution in [0, 0.1) is 6.92 Å². The van der Waals surface area contributed by atoms with Crippen LogP contribution in [0.3, 0.4) is 0 Å². The van der Waals surface area contributed by atoms with E-state index in [-0.39, 0.29) is 11.6 Å². The van der Waals surface area contributed by atoms with Gasteiger partial charge in [0.25, 0.3) is 5.91 Å². The van der Waals surface area contributed by atoms with E-state index in [0.717, 1.165) is 11.1 Å². The van der Waals surface area contributed by atoms with E-state index in [4.69, 9.17) is 16.1 Å². The average molecular weight is 313 g/mol. The molecule has 1 amide bonds. The maximum Gasteiger partial charge on any atom is 0.277 e. The first-order valence-electron chi connectivity index (χ1n) is 6.72. The molecule has 0 aliphatic heterocycles. The third-order valence-corrected chi connectivity index (χ3v) is 3.43. The highest BCUT2D eigenvalue weighted by molar-refractivity contribution is 6.30. The van der Waals surface area contributed by atoms with Crippen LogP contribution in [0.2, 0.25) is 5.02 Å². The molecular weight excluding hydrogens is 300 g/mol. The van der Waals surface area contributed by atoms with Crippen LogP contribution >= 0.6 is 11.6 Å². The molecule has 0 radical (unpaired) electrons. The Kier molecular flexibility index (Phi) is 3.94. The standard InChI is InChI=1S/C17H13ClN2O2/c1-11-2-4-12(5-3-11)16-10-15(20-22-16)17(21)19-14-8-6-13(18)7-9-14/h2-10H,1H3,(H,19,21). The SMILES string of the molecule is Cc1ccc(-c2cc(C(=O)Nc3ccc(Cl)cc3)no2)cc1. The zero-order valence-electron chi connectivity index (χ0n) is 11.8. The molecule has 0 fully saturated rings. The molecule has 0 unspecified atom stereocenters. The van der Waals surface area contributed by atoms with Gasteiger partial charge in [-0.3, -0.25) is 4.79 Å². The van der Waals surface area contributed by atoms with Crippen LogP contribution in [0.5, 0.6) is 0 Å². The van der Waals surface area contributed by atoms with Crippen LogP contribution in [0.25, 0.3) is 11.3 Å². The van der Waals surface area contributed by atoms with Gasteiger partial charge in [-0.1, -0.05) is 46.6 Å².